The van der Waals surface area contributed by atoms with Gasteiger partial charge in [-0.2, -0.15) is 8.42 Å². The fourth-order valence-electron chi connectivity index (χ4n) is 15.6. The molecule has 1 spiro atoms. The lowest BCUT2D eigenvalue weighted by Crippen LogP contribution is -2.64. The number of hydrogen-bond acceptors (Lipinski definition) is 24. The van der Waals surface area contributed by atoms with Crippen molar-refractivity contribution in [3.8, 4) is 0 Å². The number of carbonyl (C=O) groups is 2. The Balaban J connectivity index is 0.900. The van der Waals surface area contributed by atoms with Gasteiger partial charge in [-0.25, -0.2) is 4.18 Å². The molecule has 0 aromatic heterocycles. The average molecular weight is 1160 g/mol. The first-order chi connectivity index (χ1) is 37.5. The van der Waals surface area contributed by atoms with Crippen molar-refractivity contribution in [2.75, 3.05) is 33.5 Å². The van der Waals surface area contributed by atoms with Crippen LogP contribution >= 0.6 is 0 Å². The minimum absolute atomic E-state index is 0.0203. The normalized spacial score (nSPS) is 49.2. The first-order valence-electron chi connectivity index (χ1n) is 27.6. The molecule has 0 aromatic carbocycles. The Morgan fingerprint density at radius 2 is 1.40 bits per heavy atom. The topological polar surface area (TPSA) is 361 Å². The van der Waals surface area contributed by atoms with Crippen molar-refractivity contribution in [3.63, 3.8) is 0 Å². The molecule has 8 fully saturated rings. The third kappa shape index (κ3) is 10.8. The number of hydrogen-bond donors (Lipinski definition) is 9. The molecule has 9 N–H and O–H groups in total. The van der Waals surface area contributed by atoms with E-state index >= 15 is 0 Å². The lowest BCUT2D eigenvalue weighted by Gasteiger charge is -2.63. The number of carbonyl (C=O) groups excluding carboxylic acids is 2. The molecule has 9 rings (SSSR count). The molecule has 5 saturated heterocycles. The second-order valence-electron chi connectivity index (χ2n) is 24.8. The van der Waals surface area contributed by atoms with Gasteiger partial charge < -0.3 is 93.0 Å². The highest BCUT2D eigenvalue weighted by Crippen LogP contribution is 2.76. The summed E-state index contributed by atoms with van der Waals surface area (Å²) in [7, 11) is -3.95. The predicted octanol–water partition coefficient (Wildman–Crippen LogP) is 0.00740. The molecule has 0 amide bonds. The maximum atomic E-state index is 14.6. The Kier molecular flexibility index (Phi) is 17.8. The molecule has 80 heavy (non-hydrogen) atoms. The maximum Gasteiger partial charge on any atom is 0.397 e. The van der Waals surface area contributed by atoms with Gasteiger partial charge in [-0.1, -0.05) is 57.1 Å². The van der Waals surface area contributed by atoms with Crippen LogP contribution in [0.3, 0.4) is 0 Å². The SMILES string of the molecule is CO[C@@H]1[C@@H](O)[C@H](O[C@@H]2[C@@H](O)[C@H](O[C@@H]3CO[C@@H](O[C@H]4[C@H](O[C@H]5CC[C@]6(C)[C@@H]7CC[C@]89C(=O)O[C@@](C)(/C=C\C=C(C)C)C8C(OC(C)=O)C[C@@]9(C)C7=CC[C@H]6C5(C)C)OC[C@@H](OS(=O)(=O)O)[C@@H]4O)[C@H](O)[C@H]3O)OC[C@H]2O)O[C@H](CO)[C@H]1O. The summed E-state index contributed by atoms with van der Waals surface area (Å²) in [4.78, 5) is 27.3. The Hall–Kier alpha value is -2.65. The predicted molar refractivity (Wildman–Crippen MR) is 271 cm³/mol. The number of cyclic esters (lactones) is 1. The second kappa shape index (κ2) is 23.0. The van der Waals surface area contributed by atoms with Crippen LogP contribution in [-0.2, 0) is 76.3 Å². The molecule has 0 aromatic rings. The zero-order valence-electron chi connectivity index (χ0n) is 46.5. The summed E-state index contributed by atoms with van der Waals surface area (Å²) in [5.74, 6) is -1.14. The van der Waals surface area contributed by atoms with Crippen molar-refractivity contribution < 1.29 is 120 Å². The zero-order valence-corrected chi connectivity index (χ0v) is 47.4. The Morgan fingerprint density at radius 1 is 0.750 bits per heavy atom. The molecule has 3 saturated carbocycles. The van der Waals surface area contributed by atoms with Crippen molar-refractivity contribution in [2.24, 2.45) is 39.4 Å². The zero-order chi connectivity index (χ0) is 58.4. The molecule has 0 radical (unpaired) electrons. The van der Waals surface area contributed by atoms with Crippen LogP contribution < -0.4 is 0 Å². The van der Waals surface area contributed by atoms with Gasteiger partial charge in [0.1, 0.15) is 91.1 Å². The standard InChI is InChI=1S/C54H82O25S/c1-24(2)11-10-16-53(8)44-29(72-25(3)56)19-52(7)27-12-13-33-50(4,5)34(15-17-51(33,6)26(27)14-18-54(44,52)49(64)78-53)75-48-43(37(60)32(23-71-48)79-80(65,66)67)77-45-38(61)35(58)31(22-70-45)74-46-39(62)41(28(57)21-69-46)76-47-40(63)42(68-9)36(59)30(20-55)73-47/h10-12,16,26,28-48,55,57-63H,13-15,17-23H2,1-9H3,(H,65,66,67)/b16-10-/t26-,28-,29?,30-,31-,32-,33+,34+,35+,36-,37+,38-,39-,40-,41+,42+,43-,44?,45+,46+,47+,48+,51-,52+,53+,54-/m1/s1. The van der Waals surface area contributed by atoms with E-state index in [0.717, 1.165) is 11.1 Å². The van der Waals surface area contributed by atoms with E-state index in [0.29, 0.717) is 38.5 Å². The molecule has 2 unspecified atom stereocenters. The number of aliphatic hydroxyl groups is 8. The Morgan fingerprint density at radius 3 is 2.06 bits per heavy atom. The lowest BCUT2D eigenvalue weighted by molar-refractivity contribution is -0.373. The molecule has 4 aliphatic carbocycles. The molecular formula is C54H82O25S. The Bertz CT molecular complexity index is 2470. The van der Waals surface area contributed by atoms with E-state index in [4.69, 9.17) is 56.3 Å². The van der Waals surface area contributed by atoms with Gasteiger partial charge in [-0.3, -0.25) is 14.1 Å². The van der Waals surface area contributed by atoms with Crippen LogP contribution in [0.15, 0.2) is 35.5 Å². The second-order valence-corrected chi connectivity index (χ2v) is 25.9. The molecule has 25 nitrogen and oxygen atoms in total. The van der Waals surface area contributed by atoms with Crippen molar-refractivity contribution in [1.82, 2.24) is 0 Å². The molecule has 26 atom stereocenters. The van der Waals surface area contributed by atoms with Crippen LogP contribution in [0.4, 0.5) is 0 Å². The van der Waals surface area contributed by atoms with E-state index in [2.05, 4.69) is 33.8 Å². The quantitative estimate of drug-likeness (QED) is 0.0451. The van der Waals surface area contributed by atoms with Crippen LogP contribution in [0.5, 0.6) is 0 Å². The first-order valence-corrected chi connectivity index (χ1v) is 28.9. The summed E-state index contributed by atoms with van der Waals surface area (Å²) < 4.78 is 103. The first kappa shape index (κ1) is 61.9. The van der Waals surface area contributed by atoms with Gasteiger partial charge in [-0.15, -0.1) is 0 Å². The summed E-state index contributed by atoms with van der Waals surface area (Å²) in [5.41, 5.74) is -1.40. The van der Waals surface area contributed by atoms with Gasteiger partial charge in [0.05, 0.1) is 43.9 Å². The molecule has 5 heterocycles. The van der Waals surface area contributed by atoms with Crippen molar-refractivity contribution in [1.29, 1.82) is 0 Å². The Labute approximate surface area is 465 Å². The van der Waals surface area contributed by atoms with Crippen molar-refractivity contribution >= 4 is 22.3 Å². The number of rotatable bonds is 15. The number of aliphatic hydroxyl groups excluding tert-OH is 8. The van der Waals surface area contributed by atoms with Gasteiger partial charge >= 0.3 is 22.3 Å². The van der Waals surface area contributed by atoms with Crippen LogP contribution in [0, 0.1) is 39.4 Å². The van der Waals surface area contributed by atoms with Gasteiger partial charge in [0.15, 0.2) is 25.2 Å². The van der Waals surface area contributed by atoms with Crippen molar-refractivity contribution in [3.05, 3.63) is 35.5 Å². The highest BCUT2D eigenvalue weighted by atomic mass is 32.3. The monoisotopic (exact) mass is 1160 g/mol. The average Bonchev–Trinajstić information content (AvgIpc) is 3.78. The van der Waals surface area contributed by atoms with Crippen LogP contribution in [0.2, 0.25) is 0 Å². The highest BCUT2D eigenvalue weighted by Gasteiger charge is 2.79. The van der Waals surface area contributed by atoms with E-state index < -0.39 is 187 Å². The number of methoxy groups -OCH3 is 1. The minimum Gasteiger partial charge on any atom is -0.462 e. The molecular weight excluding hydrogens is 1080 g/mol. The summed E-state index contributed by atoms with van der Waals surface area (Å²) in [6, 6.07) is 0. The van der Waals surface area contributed by atoms with E-state index in [1.54, 1.807) is 0 Å². The molecule has 454 valence electrons. The van der Waals surface area contributed by atoms with E-state index in [-0.39, 0.29) is 23.2 Å². The van der Waals surface area contributed by atoms with Gasteiger partial charge in [-0.05, 0) is 88.0 Å². The van der Waals surface area contributed by atoms with E-state index in [1.165, 1.54) is 14.0 Å². The number of ether oxygens (including phenoxy) is 11. The fourth-order valence-corrected chi connectivity index (χ4v) is 16.1. The highest BCUT2D eigenvalue weighted by molar-refractivity contribution is 7.80. The smallest absolute Gasteiger partial charge is 0.397 e. The summed E-state index contributed by atoms with van der Waals surface area (Å²) >= 11 is 0. The lowest BCUT2D eigenvalue weighted by atomic mass is 9.41. The molecule has 9 aliphatic rings. The van der Waals surface area contributed by atoms with Crippen LogP contribution in [-0.4, -0.2) is 222 Å². The number of fused-ring (bicyclic) bond motifs is 4. The number of allylic oxidation sites excluding steroid dienone is 5. The van der Waals surface area contributed by atoms with Gasteiger partial charge in [0, 0.05) is 19.4 Å². The minimum atomic E-state index is -5.15. The van der Waals surface area contributed by atoms with Gasteiger partial charge in [0.2, 0.25) is 0 Å². The van der Waals surface area contributed by atoms with Crippen LogP contribution in [0.1, 0.15) is 93.9 Å². The summed E-state index contributed by atoms with van der Waals surface area (Å²) in [5, 5.41) is 87.8. The molecule has 0 bridgehead atoms. The van der Waals surface area contributed by atoms with E-state index in [9.17, 15) is 63.4 Å². The third-order valence-electron chi connectivity index (χ3n) is 19.4. The summed E-state index contributed by atoms with van der Waals surface area (Å²) in [6.45, 7) is 13.5. The third-order valence-corrected chi connectivity index (χ3v) is 19.9. The van der Waals surface area contributed by atoms with Crippen molar-refractivity contribution in [2.45, 2.75) is 216 Å². The largest absolute Gasteiger partial charge is 0.462 e. The number of esters is 2. The van der Waals surface area contributed by atoms with Crippen LogP contribution in [0.25, 0.3) is 0 Å². The van der Waals surface area contributed by atoms with Gasteiger partial charge in [0.25, 0.3) is 0 Å². The van der Waals surface area contributed by atoms with E-state index in [1.807, 2.05) is 39.0 Å². The molecule has 26 heteroatoms. The molecule has 5 aliphatic heterocycles. The fraction of sp³-hybridized carbons (Fsp3) is 0.852. The summed E-state index contributed by atoms with van der Waals surface area (Å²) in [6.07, 6.45) is -17.4. The maximum absolute atomic E-state index is 14.6.